The number of nitrogens with one attached hydrogen (secondary N) is 2. The Hall–Kier alpha value is -0.610. The Morgan fingerprint density at radius 3 is 2.75 bits per heavy atom. The van der Waals surface area contributed by atoms with Gasteiger partial charge < -0.3 is 15.4 Å². The van der Waals surface area contributed by atoms with Crippen LogP contribution in [0, 0.1) is 11.8 Å². The van der Waals surface area contributed by atoms with Crippen LogP contribution in [0.25, 0.3) is 0 Å². The monoisotopic (exact) mass is 226 g/mol. The molecule has 2 saturated heterocycles. The molecule has 0 radical (unpaired) electrons. The molecular weight excluding hydrogens is 204 g/mol. The van der Waals surface area contributed by atoms with Crippen LogP contribution in [0.4, 0.5) is 0 Å². The van der Waals surface area contributed by atoms with Crippen molar-refractivity contribution in [3.8, 4) is 0 Å². The highest BCUT2D eigenvalue weighted by molar-refractivity contribution is 5.79. The first kappa shape index (κ1) is 11.9. The average molecular weight is 226 g/mol. The van der Waals surface area contributed by atoms with Crippen LogP contribution in [0.1, 0.15) is 26.2 Å². The maximum Gasteiger partial charge on any atom is 0.225 e. The quantitative estimate of drug-likeness (QED) is 0.738. The van der Waals surface area contributed by atoms with Crippen molar-refractivity contribution in [2.24, 2.45) is 11.8 Å². The summed E-state index contributed by atoms with van der Waals surface area (Å²) in [4.78, 5) is 11.9. The van der Waals surface area contributed by atoms with Crippen LogP contribution in [0.15, 0.2) is 0 Å². The maximum atomic E-state index is 11.9. The summed E-state index contributed by atoms with van der Waals surface area (Å²) in [6.07, 6.45) is 3.32. The molecule has 2 aliphatic rings. The second-order valence-corrected chi connectivity index (χ2v) is 4.91. The molecule has 2 unspecified atom stereocenters. The van der Waals surface area contributed by atoms with E-state index in [1.165, 1.54) is 12.8 Å². The molecule has 2 N–H and O–H groups in total. The zero-order valence-electron chi connectivity index (χ0n) is 10.00. The zero-order valence-corrected chi connectivity index (χ0v) is 10.00. The van der Waals surface area contributed by atoms with Crippen LogP contribution >= 0.6 is 0 Å². The van der Waals surface area contributed by atoms with Gasteiger partial charge in [-0.1, -0.05) is 0 Å². The van der Waals surface area contributed by atoms with Crippen molar-refractivity contribution in [1.29, 1.82) is 0 Å². The number of hydrogen-bond acceptors (Lipinski definition) is 3. The standard InChI is InChI=1S/C12H22N2O2/c1-9-11(4-7-16-9)12(15)14-8-10-2-5-13-6-3-10/h9-11,13H,2-8H2,1H3,(H,14,15). The molecule has 2 rings (SSSR count). The van der Waals surface area contributed by atoms with Gasteiger partial charge in [-0.15, -0.1) is 0 Å². The fourth-order valence-electron chi connectivity index (χ4n) is 2.54. The van der Waals surface area contributed by atoms with E-state index in [0.717, 1.165) is 32.7 Å². The van der Waals surface area contributed by atoms with Crippen molar-refractivity contribution < 1.29 is 9.53 Å². The number of carbonyl (C=O) groups excluding carboxylic acids is 1. The smallest absolute Gasteiger partial charge is 0.225 e. The molecule has 2 atom stereocenters. The lowest BCUT2D eigenvalue weighted by Gasteiger charge is -2.23. The molecule has 1 amide bonds. The number of rotatable bonds is 3. The Morgan fingerprint density at radius 2 is 2.12 bits per heavy atom. The highest BCUT2D eigenvalue weighted by Gasteiger charge is 2.30. The van der Waals surface area contributed by atoms with Crippen molar-refractivity contribution >= 4 is 5.91 Å². The van der Waals surface area contributed by atoms with Gasteiger partial charge in [0.25, 0.3) is 0 Å². The maximum absolute atomic E-state index is 11.9. The van der Waals surface area contributed by atoms with Crippen LogP contribution in [0.5, 0.6) is 0 Å². The van der Waals surface area contributed by atoms with Gasteiger partial charge in [-0.2, -0.15) is 0 Å². The van der Waals surface area contributed by atoms with Gasteiger partial charge in [0, 0.05) is 13.2 Å². The fraction of sp³-hybridized carbons (Fsp3) is 0.917. The second kappa shape index (κ2) is 5.64. The summed E-state index contributed by atoms with van der Waals surface area (Å²) in [7, 11) is 0. The van der Waals surface area contributed by atoms with E-state index < -0.39 is 0 Å². The lowest BCUT2D eigenvalue weighted by Crippen LogP contribution is -2.39. The summed E-state index contributed by atoms with van der Waals surface area (Å²) >= 11 is 0. The van der Waals surface area contributed by atoms with Crippen molar-refractivity contribution in [3.63, 3.8) is 0 Å². The molecule has 0 aromatic heterocycles. The number of amides is 1. The predicted molar refractivity (Wildman–Crippen MR) is 62.1 cm³/mol. The summed E-state index contributed by atoms with van der Waals surface area (Å²) in [5.41, 5.74) is 0. The number of carbonyl (C=O) groups is 1. The van der Waals surface area contributed by atoms with Crippen molar-refractivity contribution in [3.05, 3.63) is 0 Å². The Kier molecular flexibility index (Phi) is 4.18. The van der Waals surface area contributed by atoms with E-state index in [1.54, 1.807) is 0 Å². The van der Waals surface area contributed by atoms with Crippen molar-refractivity contribution in [2.45, 2.75) is 32.3 Å². The van der Waals surface area contributed by atoms with Gasteiger partial charge in [0.05, 0.1) is 12.0 Å². The molecule has 0 saturated carbocycles. The third-order valence-electron chi connectivity index (χ3n) is 3.74. The Bertz CT molecular complexity index is 239. The summed E-state index contributed by atoms with van der Waals surface area (Å²) in [6.45, 7) is 5.73. The lowest BCUT2D eigenvalue weighted by molar-refractivity contribution is -0.126. The first-order valence-corrected chi connectivity index (χ1v) is 6.37. The SMILES string of the molecule is CC1OCCC1C(=O)NCC1CCNCC1. The minimum atomic E-state index is 0.0710. The molecule has 0 aromatic carbocycles. The summed E-state index contributed by atoms with van der Waals surface area (Å²) in [6, 6.07) is 0. The number of ether oxygens (including phenoxy) is 1. The molecule has 4 nitrogen and oxygen atoms in total. The van der Waals surface area contributed by atoms with E-state index >= 15 is 0 Å². The topological polar surface area (TPSA) is 50.4 Å². The summed E-state index contributed by atoms with van der Waals surface area (Å²) < 4.78 is 5.41. The van der Waals surface area contributed by atoms with E-state index in [4.69, 9.17) is 4.74 Å². The molecule has 16 heavy (non-hydrogen) atoms. The van der Waals surface area contributed by atoms with Gasteiger partial charge in [0.2, 0.25) is 5.91 Å². The van der Waals surface area contributed by atoms with Gasteiger partial charge in [-0.25, -0.2) is 0 Å². The van der Waals surface area contributed by atoms with E-state index in [0.29, 0.717) is 5.92 Å². The summed E-state index contributed by atoms with van der Waals surface area (Å²) in [5.74, 6) is 0.910. The highest BCUT2D eigenvalue weighted by Crippen LogP contribution is 2.20. The van der Waals surface area contributed by atoms with Gasteiger partial charge >= 0.3 is 0 Å². The van der Waals surface area contributed by atoms with Gasteiger partial charge in [0.1, 0.15) is 0 Å². The lowest BCUT2D eigenvalue weighted by atomic mass is 9.97. The molecule has 0 aromatic rings. The minimum Gasteiger partial charge on any atom is -0.378 e. The minimum absolute atomic E-state index is 0.0710. The van der Waals surface area contributed by atoms with Crippen LogP contribution in [-0.2, 0) is 9.53 Å². The van der Waals surface area contributed by atoms with Crippen LogP contribution in [0.2, 0.25) is 0 Å². The Morgan fingerprint density at radius 1 is 1.38 bits per heavy atom. The third kappa shape index (κ3) is 2.95. The molecular formula is C12H22N2O2. The van der Waals surface area contributed by atoms with Crippen LogP contribution in [0.3, 0.4) is 0 Å². The van der Waals surface area contributed by atoms with Crippen molar-refractivity contribution in [1.82, 2.24) is 10.6 Å². The Balaban J connectivity index is 1.70. The van der Waals surface area contributed by atoms with E-state index in [9.17, 15) is 4.79 Å². The number of piperidine rings is 1. The van der Waals surface area contributed by atoms with Gasteiger partial charge in [-0.05, 0) is 45.2 Å². The molecule has 2 aliphatic heterocycles. The van der Waals surface area contributed by atoms with E-state index in [2.05, 4.69) is 10.6 Å². The fourth-order valence-corrected chi connectivity index (χ4v) is 2.54. The van der Waals surface area contributed by atoms with Gasteiger partial charge in [0.15, 0.2) is 0 Å². The molecule has 4 heteroatoms. The van der Waals surface area contributed by atoms with Crippen molar-refractivity contribution in [2.75, 3.05) is 26.2 Å². The predicted octanol–water partition coefficient (Wildman–Crippen LogP) is 0.527. The highest BCUT2D eigenvalue weighted by atomic mass is 16.5. The molecule has 92 valence electrons. The van der Waals surface area contributed by atoms with Crippen LogP contribution in [-0.4, -0.2) is 38.3 Å². The van der Waals surface area contributed by atoms with Gasteiger partial charge in [-0.3, -0.25) is 4.79 Å². The van der Waals surface area contributed by atoms with Crippen LogP contribution < -0.4 is 10.6 Å². The zero-order chi connectivity index (χ0) is 11.4. The summed E-state index contributed by atoms with van der Waals surface area (Å²) in [5, 5.41) is 6.41. The van der Waals surface area contributed by atoms with E-state index in [1.807, 2.05) is 6.92 Å². The first-order valence-electron chi connectivity index (χ1n) is 6.37. The Labute approximate surface area is 97.1 Å². The first-order chi connectivity index (χ1) is 7.77. The molecule has 2 heterocycles. The third-order valence-corrected chi connectivity index (χ3v) is 3.74. The number of hydrogen-bond donors (Lipinski definition) is 2. The largest absolute Gasteiger partial charge is 0.378 e. The normalized spacial score (nSPS) is 31.6. The molecule has 0 bridgehead atoms. The molecule has 0 spiro atoms. The van der Waals surface area contributed by atoms with E-state index in [-0.39, 0.29) is 17.9 Å². The second-order valence-electron chi connectivity index (χ2n) is 4.91. The average Bonchev–Trinajstić information content (AvgIpc) is 2.74. The molecule has 2 fully saturated rings. The molecule has 0 aliphatic carbocycles.